The number of hydrogen-bond donors (Lipinski definition) is 2. The van der Waals surface area contributed by atoms with Gasteiger partial charge < -0.3 is 11.1 Å². The standard InChI is InChI=1S/C15H21BrN2O/c1-11-5-6-12(9-13(11)16)18-14(19)15(10-17)7-3-2-4-8-15/h5-6,9H,2-4,7-8,10,17H2,1H3,(H,18,19). The molecule has 0 heterocycles. The Morgan fingerprint density at radius 3 is 2.63 bits per heavy atom. The minimum Gasteiger partial charge on any atom is -0.329 e. The highest BCUT2D eigenvalue weighted by atomic mass is 79.9. The molecular formula is C15H21BrN2O. The summed E-state index contributed by atoms with van der Waals surface area (Å²) in [7, 11) is 0. The lowest BCUT2D eigenvalue weighted by Gasteiger charge is -2.34. The normalized spacial score (nSPS) is 18.1. The van der Waals surface area contributed by atoms with Crippen molar-refractivity contribution in [3.05, 3.63) is 28.2 Å². The third-order valence-electron chi connectivity index (χ3n) is 4.11. The summed E-state index contributed by atoms with van der Waals surface area (Å²) in [5.74, 6) is 0.0745. The molecule has 1 aromatic rings. The average molecular weight is 325 g/mol. The molecule has 0 aromatic heterocycles. The van der Waals surface area contributed by atoms with E-state index >= 15 is 0 Å². The number of hydrogen-bond acceptors (Lipinski definition) is 2. The molecule has 0 saturated heterocycles. The zero-order valence-corrected chi connectivity index (χ0v) is 12.9. The van der Waals surface area contributed by atoms with Crippen LogP contribution in [0.4, 0.5) is 5.69 Å². The van der Waals surface area contributed by atoms with Gasteiger partial charge in [-0.15, -0.1) is 0 Å². The van der Waals surface area contributed by atoms with Gasteiger partial charge in [-0.2, -0.15) is 0 Å². The highest BCUT2D eigenvalue weighted by molar-refractivity contribution is 9.10. The van der Waals surface area contributed by atoms with Gasteiger partial charge in [0, 0.05) is 16.7 Å². The van der Waals surface area contributed by atoms with E-state index in [1.54, 1.807) is 0 Å². The number of amides is 1. The predicted octanol–water partition coefficient (Wildman–Crippen LogP) is 3.61. The van der Waals surface area contributed by atoms with Crippen LogP contribution in [0.15, 0.2) is 22.7 Å². The fraction of sp³-hybridized carbons (Fsp3) is 0.533. The Balaban J connectivity index is 2.12. The van der Waals surface area contributed by atoms with Gasteiger partial charge >= 0.3 is 0 Å². The first-order valence-electron chi connectivity index (χ1n) is 6.85. The highest BCUT2D eigenvalue weighted by Crippen LogP contribution is 2.36. The van der Waals surface area contributed by atoms with Crippen LogP contribution in [-0.4, -0.2) is 12.5 Å². The molecule has 0 atom stereocenters. The number of carbonyl (C=O) groups is 1. The first kappa shape index (κ1) is 14.5. The number of aryl methyl sites for hydroxylation is 1. The van der Waals surface area contributed by atoms with E-state index in [4.69, 9.17) is 5.73 Å². The summed E-state index contributed by atoms with van der Waals surface area (Å²) in [5.41, 5.74) is 7.50. The van der Waals surface area contributed by atoms with Gasteiger partial charge in [-0.1, -0.05) is 41.3 Å². The molecule has 1 amide bonds. The number of carbonyl (C=O) groups excluding carboxylic acids is 1. The summed E-state index contributed by atoms with van der Waals surface area (Å²) >= 11 is 3.49. The topological polar surface area (TPSA) is 55.1 Å². The second kappa shape index (κ2) is 6.06. The van der Waals surface area contributed by atoms with E-state index in [-0.39, 0.29) is 11.3 Å². The third kappa shape index (κ3) is 3.18. The van der Waals surface area contributed by atoms with Crippen LogP contribution in [0.25, 0.3) is 0 Å². The minimum absolute atomic E-state index is 0.0745. The van der Waals surface area contributed by atoms with E-state index in [1.165, 1.54) is 6.42 Å². The average Bonchev–Trinajstić information content (AvgIpc) is 2.43. The first-order valence-corrected chi connectivity index (χ1v) is 7.64. The van der Waals surface area contributed by atoms with Gasteiger partial charge in [0.15, 0.2) is 0 Å². The van der Waals surface area contributed by atoms with Crippen molar-refractivity contribution in [3.8, 4) is 0 Å². The quantitative estimate of drug-likeness (QED) is 0.892. The fourth-order valence-electron chi connectivity index (χ4n) is 2.69. The summed E-state index contributed by atoms with van der Waals surface area (Å²) in [5, 5.41) is 3.02. The lowest BCUT2D eigenvalue weighted by atomic mass is 9.73. The molecule has 0 radical (unpaired) electrons. The van der Waals surface area contributed by atoms with Gasteiger partial charge in [-0.3, -0.25) is 4.79 Å². The van der Waals surface area contributed by atoms with Crippen LogP contribution in [0.3, 0.4) is 0 Å². The number of nitrogens with two attached hydrogens (primary N) is 1. The van der Waals surface area contributed by atoms with E-state index in [1.807, 2.05) is 25.1 Å². The second-order valence-electron chi connectivity index (χ2n) is 5.46. The number of benzene rings is 1. The number of rotatable bonds is 3. The van der Waals surface area contributed by atoms with E-state index < -0.39 is 0 Å². The van der Waals surface area contributed by atoms with Gasteiger partial charge in [-0.25, -0.2) is 0 Å². The third-order valence-corrected chi connectivity index (χ3v) is 4.97. The molecule has 1 aliphatic rings. The van der Waals surface area contributed by atoms with E-state index in [0.717, 1.165) is 41.4 Å². The molecule has 1 aromatic carbocycles. The molecule has 19 heavy (non-hydrogen) atoms. The molecule has 104 valence electrons. The van der Waals surface area contributed by atoms with Crippen molar-refractivity contribution in [1.29, 1.82) is 0 Å². The summed E-state index contributed by atoms with van der Waals surface area (Å²) < 4.78 is 1.01. The lowest BCUT2D eigenvalue weighted by Crippen LogP contribution is -2.43. The van der Waals surface area contributed by atoms with Crippen molar-refractivity contribution in [2.24, 2.45) is 11.1 Å². The van der Waals surface area contributed by atoms with Gasteiger partial charge in [-0.05, 0) is 37.5 Å². The van der Waals surface area contributed by atoms with E-state index in [0.29, 0.717) is 6.54 Å². The zero-order chi connectivity index (χ0) is 13.9. The van der Waals surface area contributed by atoms with E-state index in [9.17, 15) is 4.79 Å². The predicted molar refractivity (Wildman–Crippen MR) is 82.1 cm³/mol. The molecule has 0 unspecified atom stereocenters. The van der Waals surface area contributed by atoms with Crippen molar-refractivity contribution in [2.45, 2.75) is 39.0 Å². The Labute approximate surface area is 123 Å². The number of anilines is 1. The van der Waals surface area contributed by atoms with Crippen molar-refractivity contribution < 1.29 is 4.79 Å². The van der Waals surface area contributed by atoms with Gasteiger partial charge in [0.1, 0.15) is 0 Å². The van der Waals surface area contributed by atoms with Gasteiger partial charge in [0.2, 0.25) is 5.91 Å². The summed E-state index contributed by atoms with van der Waals surface area (Å²) in [4.78, 5) is 12.5. The summed E-state index contributed by atoms with van der Waals surface area (Å²) in [6.07, 6.45) is 5.22. The highest BCUT2D eigenvalue weighted by Gasteiger charge is 2.38. The smallest absolute Gasteiger partial charge is 0.231 e. The Bertz CT molecular complexity index is 467. The van der Waals surface area contributed by atoms with Crippen molar-refractivity contribution >= 4 is 27.5 Å². The second-order valence-corrected chi connectivity index (χ2v) is 6.32. The molecule has 0 aliphatic heterocycles. The van der Waals surface area contributed by atoms with Crippen LogP contribution in [0.5, 0.6) is 0 Å². The molecule has 1 fully saturated rings. The van der Waals surface area contributed by atoms with Crippen molar-refractivity contribution in [1.82, 2.24) is 0 Å². The fourth-order valence-corrected chi connectivity index (χ4v) is 3.07. The number of nitrogens with one attached hydrogen (secondary N) is 1. The molecule has 4 heteroatoms. The largest absolute Gasteiger partial charge is 0.329 e. The summed E-state index contributed by atoms with van der Waals surface area (Å²) in [6.45, 7) is 2.46. The van der Waals surface area contributed by atoms with Crippen LogP contribution in [0.2, 0.25) is 0 Å². The van der Waals surface area contributed by atoms with Crippen molar-refractivity contribution in [3.63, 3.8) is 0 Å². The molecule has 0 bridgehead atoms. The molecular weight excluding hydrogens is 304 g/mol. The SMILES string of the molecule is Cc1ccc(NC(=O)C2(CN)CCCCC2)cc1Br. The van der Waals surface area contributed by atoms with Crippen LogP contribution in [0.1, 0.15) is 37.7 Å². The molecule has 0 spiro atoms. The Hall–Kier alpha value is -0.870. The van der Waals surface area contributed by atoms with Crippen LogP contribution < -0.4 is 11.1 Å². The lowest BCUT2D eigenvalue weighted by molar-refractivity contribution is -0.126. The minimum atomic E-state index is -0.365. The maximum Gasteiger partial charge on any atom is 0.231 e. The van der Waals surface area contributed by atoms with E-state index in [2.05, 4.69) is 21.2 Å². The molecule has 2 rings (SSSR count). The Kier molecular flexibility index (Phi) is 4.63. The maximum absolute atomic E-state index is 12.5. The molecule has 3 nitrogen and oxygen atoms in total. The zero-order valence-electron chi connectivity index (χ0n) is 11.3. The van der Waals surface area contributed by atoms with Gasteiger partial charge in [0.05, 0.1) is 5.41 Å². The Morgan fingerprint density at radius 2 is 2.05 bits per heavy atom. The maximum atomic E-state index is 12.5. The van der Waals surface area contributed by atoms with Crippen LogP contribution in [0, 0.1) is 12.3 Å². The van der Waals surface area contributed by atoms with Crippen LogP contribution >= 0.6 is 15.9 Å². The molecule has 1 saturated carbocycles. The monoisotopic (exact) mass is 324 g/mol. The van der Waals surface area contributed by atoms with Gasteiger partial charge in [0.25, 0.3) is 0 Å². The van der Waals surface area contributed by atoms with Crippen molar-refractivity contribution in [2.75, 3.05) is 11.9 Å². The molecule has 1 aliphatic carbocycles. The Morgan fingerprint density at radius 1 is 1.37 bits per heavy atom. The number of halogens is 1. The molecule has 3 N–H and O–H groups in total. The van der Waals surface area contributed by atoms with Crippen LogP contribution in [-0.2, 0) is 4.79 Å². The summed E-state index contributed by atoms with van der Waals surface area (Å²) in [6, 6.07) is 5.88. The first-order chi connectivity index (χ1) is 9.07.